The van der Waals surface area contributed by atoms with E-state index in [1.54, 1.807) is 6.20 Å². The predicted octanol–water partition coefficient (Wildman–Crippen LogP) is 3.18. The zero-order chi connectivity index (χ0) is 13.7. The third-order valence-corrected chi connectivity index (χ3v) is 3.95. The van der Waals surface area contributed by atoms with Gasteiger partial charge in [-0.2, -0.15) is 0 Å². The molecule has 2 atom stereocenters. The average Bonchev–Trinajstić information content (AvgIpc) is 2.40. The number of ketones is 1. The molecule has 3 nitrogen and oxygen atoms in total. The van der Waals surface area contributed by atoms with E-state index in [1.807, 2.05) is 25.1 Å². The molecule has 0 N–H and O–H groups in total. The molecule has 0 amide bonds. The minimum atomic E-state index is -0.566. The zero-order valence-electron chi connectivity index (χ0n) is 11.9. The fraction of sp³-hybridized carbons (Fsp3) is 0.625. The van der Waals surface area contributed by atoms with Crippen LogP contribution >= 0.6 is 0 Å². The lowest BCUT2D eigenvalue weighted by atomic mass is 9.75. The molecule has 0 bridgehead atoms. The van der Waals surface area contributed by atoms with Crippen molar-refractivity contribution in [2.75, 3.05) is 6.61 Å². The molecule has 2 unspecified atom stereocenters. The maximum Gasteiger partial charge on any atom is 0.170 e. The van der Waals surface area contributed by atoms with Crippen molar-refractivity contribution in [2.45, 2.75) is 51.6 Å². The maximum atomic E-state index is 12.7. The van der Waals surface area contributed by atoms with Crippen LogP contribution in [0.25, 0.3) is 0 Å². The van der Waals surface area contributed by atoms with E-state index in [2.05, 4.69) is 11.9 Å². The molecule has 1 aliphatic carbocycles. The predicted molar refractivity (Wildman–Crippen MR) is 74.9 cm³/mol. The fourth-order valence-corrected chi connectivity index (χ4v) is 3.07. The van der Waals surface area contributed by atoms with Gasteiger partial charge in [-0.15, -0.1) is 0 Å². The van der Waals surface area contributed by atoms with Gasteiger partial charge in [-0.05, 0) is 44.2 Å². The molecular weight excluding hydrogens is 238 g/mol. The highest BCUT2D eigenvalue weighted by atomic mass is 16.5. The van der Waals surface area contributed by atoms with Crippen molar-refractivity contribution in [2.24, 2.45) is 5.92 Å². The number of pyridine rings is 1. The first-order valence-corrected chi connectivity index (χ1v) is 7.23. The highest BCUT2D eigenvalue weighted by molar-refractivity contribution is 5.89. The molecule has 3 heteroatoms. The van der Waals surface area contributed by atoms with Gasteiger partial charge in [0.05, 0.1) is 6.42 Å². The molecule has 1 saturated carbocycles. The van der Waals surface area contributed by atoms with Crippen LogP contribution in [0.4, 0.5) is 0 Å². The topological polar surface area (TPSA) is 39.2 Å². The Morgan fingerprint density at radius 3 is 3.00 bits per heavy atom. The van der Waals surface area contributed by atoms with Crippen LogP contribution in [0.3, 0.4) is 0 Å². The molecule has 2 rings (SSSR count). The van der Waals surface area contributed by atoms with E-state index in [4.69, 9.17) is 4.74 Å². The van der Waals surface area contributed by atoms with Gasteiger partial charge in [0.15, 0.2) is 5.78 Å². The lowest BCUT2D eigenvalue weighted by Crippen LogP contribution is -2.46. The standard InChI is InChI=1S/C16H23NO2/c1-3-19-16(9-6-7-13(2)12-16)15(18)11-14-8-4-5-10-17-14/h4-5,8,10,13H,3,6-7,9,11-12H2,1-2H3. The number of nitrogens with zero attached hydrogens (tertiary/aromatic N) is 1. The number of rotatable bonds is 5. The van der Waals surface area contributed by atoms with Crippen LogP contribution in [0.5, 0.6) is 0 Å². The lowest BCUT2D eigenvalue weighted by Gasteiger charge is -2.38. The third-order valence-electron chi connectivity index (χ3n) is 3.95. The van der Waals surface area contributed by atoms with Crippen molar-refractivity contribution >= 4 is 5.78 Å². The Bertz CT molecular complexity index is 414. The number of aromatic nitrogens is 1. The molecule has 0 saturated heterocycles. The average molecular weight is 261 g/mol. The van der Waals surface area contributed by atoms with Crippen LogP contribution in [0.2, 0.25) is 0 Å². The van der Waals surface area contributed by atoms with Gasteiger partial charge < -0.3 is 4.74 Å². The molecule has 1 aromatic heterocycles. The maximum absolute atomic E-state index is 12.7. The molecule has 1 aromatic rings. The van der Waals surface area contributed by atoms with E-state index in [0.717, 1.165) is 25.0 Å². The zero-order valence-corrected chi connectivity index (χ0v) is 11.9. The summed E-state index contributed by atoms with van der Waals surface area (Å²) in [4.78, 5) is 16.9. The Morgan fingerprint density at radius 2 is 2.37 bits per heavy atom. The number of hydrogen-bond donors (Lipinski definition) is 0. The van der Waals surface area contributed by atoms with Gasteiger partial charge >= 0.3 is 0 Å². The van der Waals surface area contributed by atoms with Crippen molar-refractivity contribution in [3.8, 4) is 0 Å². The highest BCUT2D eigenvalue weighted by Gasteiger charge is 2.41. The number of Topliss-reactive ketones (excluding diaryl/α,β-unsaturated/α-hetero) is 1. The molecular formula is C16H23NO2. The second-order valence-electron chi connectivity index (χ2n) is 5.55. The van der Waals surface area contributed by atoms with Crippen LogP contribution in [0.15, 0.2) is 24.4 Å². The minimum absolute atomic E-state index is 0.194. The molecule has 0 aromatic carbocycles. The second-order valence-corrected chi connectivity index (χ2v) is 5.55. The van der Waals surface area contributed by atoms with Crippen molar-refractivity contribution in [1.82, 2.24) is 4.98 Å². The van der Waals surface area contributed by atoms with Gasteiger partial charge in [0.2, 0.25) is 0 Å². The van der Waals surface area contributed by atoms with Gasteiger partial charge in [0.1, 0.15) is 5.60 Å². The summed E-state index contributed by atoms with van der Waals surface area (Å²) in [6, 6.07) is 5.70. The van der Waals surface area contributed by atoms with Gasteiger partial charge in [-0.3, -0.25) is 9.78 Å². The Balaban J connectivity index is 2.12. The van der Waals surface area contributed by atoms with Crippen LogP contribution in [0.1, 0.15) is 45.2 Å². The van der Waals surface area contributed by atoms with Crippen LogP contribution in [0, 0.1) is 5.92 Å². The smallest absolute Gasteiger partial charge is 0.170 e. The van der Waals surface area contributed by atoms with Gasteiger partial charge in [0, 0.05) is 18.5 Å². The normalized spacial score (nSPS) is 27.2. The number of hydrogen-bond acceptors (Lipinski definition) is 3. The van der Waals surface area contributed by atoms with E-state index in [0.29, 0.717) is 18.9 Å². The molecule has 1 aliphatic rings. The van der Waals surface area contributed by atoms with E-state index in [1.165, 1.54) is 6.42 Å². The summed E-state index contributed by atoms with van der Waals surface area (Å²) in [5.41, 5.74) is 0.272. The summed E-state index contributed by atoms with van der Waals surface area (Å²) in [6.07, 6.45) is 6.11. The summed E-state index contributed by atoms with van der Waals surface area (Å²) in [6.45, 7) is 4.77. The Morgan fingerprint density at radius 1 is 1.53 bits per heavy atom. The van der Waals surface area contributed by atoms with Gasteiger partial charge in [-0.25, -0.2) is 0 Å². The molecule has 104 valence electrons. The van der Waals surface area contributed by atoms with Crippen molar-refractivity contribution in [1.29, 1.82) is 0 Å². The molecule has 1 heterocycles. The molecule has 0 spiro atoms. The number of carbonyl (C=O) groups is 1. The van der Waals surface area contributed by atoms with E-state index in [9.17, 15) is 4.79 Å². The molecule has 19 heavy (non-hydrogen) atoms. The Hall–Kier alpha value is -1.22. The molecule has 0 radical (unpaired) electrons. The van der Waals surface area contributed by atoms with Crippen molar-refractivity contribution < 1.29 is 9.53 Å². The monoisotopic (exact) mass is 261 g/mol. The summed E-state index contributed by atoms with van der Waals surface area (Å²) in [7, 11) is 0. The van der Waals surface area contributed by atoms with Crippen molar-refractivity contribution in [3.05, 3.63) is 30.1 Å². The third kappa shape index (κ3) is 3.41. The lowest BCUT2D eigenvalue weighted by molar-refractivity contribution is -0.150. The van der Waals surface area contributed by atoms with E-state index < -0.39 is 5.60 Å². The number of ether oxygens (including phenoxy) is 1. The Kier molecular flexibility index (Phi) is 4.70. The summed E-state index contributed by atoms with van der Waals surface area (Å²) >= 11 is 0. The van der Waals surface area contributed by atoms with Crippen LogP contribution < -0.4 is 0 Å². The first-order valence-electron chi connectivity index (χ1n) is 7.23. The largest absolute Gasteiger partial charge is 0.367 e. The summed E-state index contributed by atoms with van der Waals surface area (Å²) in [5, 5.41) is 0. The van der Waals surface area contributed by atoms with E-state index in [-0.39, 0.29) is 5.78 Å². The molecule has 1 fully saturated rings. The van der Waals surface area contributed by atoms with Gasteiger partial charge in [-0.1, -0.05) is 19.4 Å². The second kappa shape index (κ2) is 6.29. The summed E-state index contributed by atoms with van der Waals surface area (Å²) < 4.78 is 5.90. The first-order chi connectivity index (χ1) is 9.16. The van der Waals surface area contributed by atoms with Crippen molar-refractivity contribution in [3.63, 3.8) is 0 Å². The van der Waals surface area contributed by atoms with Crippen LogP contribution in [-0.4, -0.2) is 23.0 Å². The minimum Gasteiger partial charge on any atom is -0.367 e. The summed E-state index contributed by atoms with van der Waals surface area (Å²) in [5.74, 6) is 0.757. The van der Waals surface area contributed by atoms with Gasteiger partial charge in [0.25, 0.3) is 0 Å². The van der Waals surface area contributed by atoms with Crippen LogP contribution in [-0.2, 0) is 16.0 Å². The fourth-order valence-electron chi connectivity index (χ4n) is 3.07. The Labute approximate surface area is 115 Å². The number of carbonyl (C=O) groups excluding carboxylic acids is 1. The SMILES string of the molecule is CCOC1(C(=O)Cc2ccccn2)CCCC(C)C1. The van der Waals surface area contributed by atoms with E-state index >= 15 is 0 Å². The molecule has 0 aliphatic heterocycles. The highest BCUT2D eigenvalue weighted by Crippen LogP contribution is 2.36. The first kappa shape index (κ1) is 14.2. The quantitative estimate of drug-likeness (QED) is 0.817.